The van der Waals surface area contributed by atoms with Crippen molar-refractivity contribution in [2.75, 3.05) is 23.3 Å². The lowest BCUT2D eigenvalue weighted by atomic mass is 10.1. The molecule has 1 N–H and O–H groups in total. The van der Waals surface area contributed by atoms with Gasteiger partial charge in [0.05, 0.1) is 18.3 Å². The average molecular weight is 374 g/mol. The normalized spacial score (nSPS) is 14.6. The molecule has 1 saturated heterocycles. The number of rotatable bonds is 4. The largest absolute Gasteiger partial charge is 0.357 e. The maximum absolute atomic E-state index is 12.1. The standard InChI is InChI=1S/C18H20BrN3O/c19-15-6-4-14(5-7-15)12-18(23)21-16-8-9-17(20-13-16)22-10-2-1-3-11-22/h4-9,13H,1-3,10-12H2,(H,21,23). The summed E-state index contributed by atoms with van der Waals surface area (Å²) < 4.78 is 1.01. The molecule has 1 aliphatic rings. The monoisotopic (exact) mass is 373 g/mol. The molecule has 0 saturated carbocycles. The Balaban J connectivity index is 1.57. The molecule has 120 valence electrons. The first kappa shape index (κ1) is 16.0. The maximum atomic E-state index is 12.1. The van der Waals surface area contributed by atoms with E-state index < -0.39 is 0 Å². The molecule has 1 aromatic heterocycles. The van der Waals surface area contributed by atoms with Gasteiger partial charge in [0.2, 0.25) is 5.91 Å². The Bertz CT molecular complexity index is 649. The highest BCUT2D eigenvalue weighted by Gasteiger charge is 2.12. The van der Waals surface area contributed by atoms with E-state index in [-0.39, 0.29) is 5.91 Å². The summed E-state index contributed by atoms with van der Waals surface area (Å²) in [6, 6.07) is 11.7. The van der Waals surface area contributed by atoms with Crippen molar-refractivity contribution in [2.24, 2.45) is 0 Å². The number of aromatic nitrogens is 1. The molecule has 0 radical (unpaired) electrons. The van der Waals surface area contributed by atoms with Gasteiger partial charge in [-0.2, -0.15) is 0 Å². The summed E-state index contributed by atoms with van der Waals surface area (Å²) >= 11 is 3.39. The first-order valence-electron chi connectivity index (χ1n) is 7.96. The van der Waals surface area contributed by atoms with Crippen LogP contribution in [0.3, 0.4) is 0 Å². The smallest absolute Gasteiger partial charge is 0.228 e. The van der Waals surface area contributed by atoms with Crippen LogP contribution in [0.5, 0.6) is 0 Å². The quantitative estimate of drug-likeness (QED) is 0.880. The predicted octanol–water partition coefficient (Wildman–Crippen LogP) is 4.02. The van der Waals surface area contributed by atoms with E-state index in [9.17, 15) is 4.79 Å². The number of amides is 1. The van der Waals surface area contributed by atoms with Gasteiger partial charge in [-0.15, -0.1) is 0 Å². The molecule has 4 nitrogen and oxygen atoms in total. The zero-order valence-corrected chi connectivity index (χ0v) is 14.6. The van der Waals surface area contributed by atoms with Gasteiger partial charge >= 0.3 is 0 Å². The third-order valence-electron chi connectivity index (χ3n) is 3.99. The van der Waals surface area contributed by atoms with Gasteiger partial charge in [-0.3, -0.25) is 4.79 Å². The molecule has 0 unspecified atom stereocenters. The number of benzene rings is 1. The number of nitrogens with zero attached hydrogens (tertiary/aromatic N) is 2. The molecular weight excluding hydrogens is 354 g/mol. The van der Waals surface area contributed by atoms with Crippen molar-refractivity contribution < 1.29 is 4.79 Å². The van der Waals surface area contributed by atoms with Crippen LogP contribution < -0.4 is 10.2 Å². The molecular formula is C18H20BrN3O. The van der Waals surface area contributed by atoms with Gasteiger partial charge in [0.25, 0.3) is 0 Å². The fraction of sp³-hybridized carbons (Fsp3) is 0.333. The summed E-state index contributed by atoms with van der Waals surface area (Å²) in [7, 11) is 0. The van der Waals surface area contributed by atoms with Crippen LogP contribution in [0.4, 0.5) is 11.5 Å². The van der Waals surface area contributed by atoms with Crippen LogP contribution in [0, 0.1) is 0 Å². The van der Waals surface area contributed by atoms with Crippen LogP contribution in [0.15, 0.2) is 47.1 Å². The zero-order valence-electron chi connectivity index (χ0n) is 13.0. The Hall–Kier alpha value is -1.88. The summed E-state index contributed by atoms with van der Waals surface area (Å²) in [6.07, 6.45) is 5.87. The molecule has 1 fully saturated rings. The Morgan fingerprint density at radius 1 is 1.09 bits per heavy atom. The lowest BCUT2D eigenvalue weighted by molar-refractivity contribution is -0.115. The minimum atomic E-state index is -0.0279. The summed E-state index contributed by atoms with van der Waals surface area (Å²) in [5.74, 6) is 0.968. The topological polar surface area (TPSA) is 45.2 Å². The van der Waals surface area contributed by atoms with Crippen molar-refractivity contribution >= 4 is 33.3 Å². The van der Waals surface area contributed by atoms with Crippen LogP contribution in [0.1, 0.15) is 24.8 Å². The highest BCUT2D eigenvalue weighted by atomic mass is 79.9. The Kier molecular flexibility index (Phi) is 5.28. The lowest BCUT2D eigenvalue weighted by Gasteiger charge is -2.27. The molecule has 2 heterocycles. The molecule has 0 atom stereocenters. The van der Waals surface area contributed by atoms with E-state index in [1.165, 1.54) is 19.3 Å². The summed E-state index contributed by atoms with van der Waals surface area (Å²) in [5.41, 5.74) is 1.73. The molecule has 1 aliphatic heterocycles. The van der Waals surface area contributed by atoms with Crippen LogP contribution in [0.25, 0.3) is 0 Å². The first-order chi connectivity index (χ1) is 11.2. The fourth-order valence-electron chi connectivity index (χ4n) is 2.76. The van der Waals surface area contributed by atoms with Gasteiger partial charge in [0, 0.05) is 17.6 Å². The Morgan fingerprint density at radius 2 is 1.83 bits per heavy atom. The number of carbonyl (C=O) groups is 1. The van der Waals surface area contributed by atoms with Gasteiger partial charge in [-0.05, 0) is 49.1 Å². The predicted molar refractivity (Wildman–Crippen MR) is 96.8 cm³/mol. The number of pyridine rings is 1. The van der Waals surface area contributed by atoms with E-state index >= 15 is 0 Å². The van der Waals surface area contributed by atoms with E-state index in [0.717, 1.165) is 34.6 Å². The number of hydrogen-bond acceptors (Lipinski definition) is 3. The van der Waals surface area contributed by atoms with Crippen LogP contribution in [0.2, 0.25) is 0 Å². The Morgan fingerprint density at radius 3 is 2.48 bits per heavy atom. The van der Waals surface area contributed by atoms with Crippen LogP contribution in [-0.2, 0) is 11.2 Å². The van der Waals surface area contributed by atoms with Gasteiger partial charge in [-0.25, -0.2) is 4.98 Å². The van der Waals surface area contributed by atoms with E-state index in [4.69, 9.17) is 0 Å². The molecule has 5 heteroatoms. The average Bonchev–Trinajstić information content (AvgIpc) is 2.58. The van der Waals surface area contributed by atoms with Crippen LogP contribution in [-0.4, -0.2) is 24.0 Å². The summed E-state index contributed by atoms with van der Waals surface area (Å²) in [4.78, 5) is 18.9. The maximum Gasteiger partial charge on any atom is 0.228 e. The molecule has 3 rings (SSSR count). The first-order valence-corrected chi connectivity index (χ1v) is 8.75. The summed E-state index contributed by atoms with van der Waals surface area (Å²) in [5, 5.41) is 2.90. The van der Waals surface area contributed by atoms with Gasteiger partial charge in [0.1, 0.15) is 5.82 Å². The van der Waals surface area contributed by atoms with Crippen molar-refractivity contribution in [1.29, 1.82) is 0 Å². The minimum absolute atomic E-state index is 0.0279. The van der Waals surface area contributed by atoms with Crippen molar-refractivity contribution in [3.8, 4) is 0 Å². The number of piperidine rings is 1. The Labute approximate surface area is 145 Å². The molecule has 1 amide bonds. The highest BCUT2D eigenvalue weighted by Crippen LogP contribution is 2.19. The van der Waals surface area contributed by atoms with E-state index in [1.807, 2.05) is 36.4 Å². The number of anilines is 2. The van der Waals surface area contributed by atoms with Crippen molar-refractivity contribution in [1.82, 2.24) is 4.98 Å². The van der Waals surface area contributed by atoms with Crippen molar-refractivity contribution in [3.05, 3.63) is 52.6 Å². The van der Waals surface area contributed by atoms with E-state index in [2.05, 4.69) is 31.1 Å². The second-order valence-electron chi connectivity index (χ2n) is 5.80. The third-order valence-corrected chi connectivity index (χ3v) is 4.52. The minimum Gasteiger partial charge on any atom is -0.357 e. The molecule has 0 bridgehead atoms. The SMILES string of the molecule is O=C(Cc1ccc(Br)cc1)Nc1ccc(N2CCCCC2)nc1. The molecule has 2 aromatic rings. The number of carbonyl (C=O) groups excluding carboxylic acids is 1. The van der Waals surface area contributed by atoms with Gasteiger partial charge in [0.15, 0.2) is 0 Å². The number of nitrogens with one attached hydrogen (secondary N) is 1. The lowest BCUT2D eigenvalue weighted by Crippen LogP contribution is -2.30. The molecule has 0 spiro atoms. The molecule has 23 heavy (non-hydrogen) atoms. The number of halogens is 1. The molecule has 0 aliphatic carbocycles. The zero-order chi connectivity index (χ0) is 16.1. The second kappa shape index (κ2) is 7.59. The van der Waals surface area contributed by atoms with Crippen LogP contribution >= 0.6 is 15.9 Å². The van der Waals surface area contributed by atoms with Crippen molar-refractivity contribution in [3.63, 3.8) is 0 Å². The number of hydrogen-bond donors (Lipinski definition) is 1. The fourth-order valence-corrected chi connectivity index (χ4v) is 3.03. The third kappa shape index (κ3) is 4.55. The second-order valence-corrected chi connectivity index (χ2v) is 6.72. The molecule has 1 aromatic carbocycles. The highest BCUT2D eigenvalue weighted by molar-refractivity contribution is 9.10. The van der Waals surface area contributed by atoms with E-state index in [1.54, 1.807) is 6.20 Å². The summed E-state index contributed by atoms with van der Waals surface area (Å²) in [6.45, 7) is 2.14. The van der Waals surface area contributed by atoms with Gasteiger partial charge in [-0.1, -0.05) is 28.1 Å². The van der Waals surface area contributed by atoms with E-state index in [0.29, 0.717) is 6.42 Å². The van der Waals surface area contributed by atoms with Gasteiger partial charge < -0.3 is 10.2 Å². The van der Waals surface area contributed by atoms with Crippen molar-refractivity contribution in [2.45, 2.75) is 25.7 Å².